The number of fused-ring (bicyclic) bond motifs is 1. The highest BCUT2D eigenvalue weighted by Crippen LogP contribution is 2.40. The molecule has 34 heavy (non-hydrogen) atoms. The number of nitro groups is 1. The molecule has 0 bridgehead atoms. The van der Waals surface area contributed by atoms with E-state index in [1.807, 2.05) is 49.4 Å². The maximum Gasteiger partial charge on any atom is 0.271 e. The average Bonchev–Trinajstić information content (AvgIpc) is 2.84. The van der Waals surface area contributed by atoms with E-state index in [9.17, 15) is 14.9 Å². The van der Waals surface area contributed by atoms with Crippen LogP contribution >= 0.6 is 0 Å². The molecule has 8 heteroatoms. The summed E-state index contributed by atoms with van der Waals surface area (Å²) in [5.41, 5.74) is 4.43. The minimum atomic E-state index is -0.468. The lowest BCUT2D eigenvalue weighted by Gasteiger charge is -2.37. The normalized spacial score (nSPS) is 15.3. The van der Waals surface area contributed by atoms with Crippen LogP contribution in [0, 0.1) is 17.0 Å². The van der Waals surface area contributed by atoms with Crippen LogP contribution in [0.4, 0.5) is 11.4 Å². The maximum absolute atomic E-state index is 13.1. The Balaban J connectivity index is 1.65. The lowest BCUT2D eigenvalue weighted by atomic mass is 9.87. The van der Waals surface area contributed by atoms with Crippen molar-refractivity contribution in [2.75, 3.05) is 32.6 Å². The third-order valence-corrected chi connectivity index (χ3v) is 6.14. The van der Waals surface area contributed by atoms with Gasteiger partial charge in [0.1, 0.15) is 0 Å². The lowest BCUT2D eigenvalue weighted by Crippen LogP contribution is -2.41. The van der Waals surface area contributed by atoms with Crippen molar-refractivity contribution < 1.29 is 19.2 Å². The number of hydrogen-bond donors (Lipinski definition) is 1. The molecule has 0 radical (unpaired) electrons. The number of carbonyl (C=O) groups excluding carboxylic acids is 1. The number of non-ortho nitro benzene ring substituents is 1. The van der Waals surface area contributed by atoms with Gasteiger partial charge in [-0.3, -0.25) is 19.8 Å². The summed E-state index contributed by atoms with van der Waals surface area (Å²) in [5, 5.41) is 14.0. The molecule has 1 amide bonds. The second-order valence-electron chi connectivity index (χ2n) is 8.24. The number of nitro benzene ring substituents is 1. The Hall–Kier alpha value is -3.91. The van der Waals surface area contributed by atoms with Gasteiger partial charge < -0.3 is 14.8 Å². The van der Waals surface area contributed by atoms with Crippen molar-refractivity contribution in [3.05, 3.63) is 93.0 Å². The molecule has 3 aromatic carbocycles. The minimum Gasteiger partial charge on any atom is -0.493 e. The van der Waals surface area contributed by atoms with Crippen LogP contribution in [0.1, 0.15) is 28.3 Å². The summed E-state index contributed by atoms with van der Waals surface area (Å²) in [4.78, 5) is 25.9. The number of nitrogens with one attached hydrogen (secondary N) is 1. The quantitative estimate of drug-likeness (QED) is 0.411. The monoisotopic (exact) mass is 461 g/mol. The topological polar surface area (TPSA) is 93.9 Å². The van der Waals surface area contributed by atoms with E-state index in [1.165, 1.54) is 12.1 Å². The van der Waals surface area contributed by atoms with Crippen LogP contribution in [-0.2, 0) is 11.2 Å². The second-order valence-corrected chi connectivity index (χ2v) is 8.24. The molecular formula is C26H27N3O5. The summed E-state index contributed by atoms with van der Waals surface area (Å²) in [6.07, 6.45) is 0.752. The fourth-order valence-corrected chi connectivity index (χ4v) is 4.43. The largest absolute Gasteiger partial charge is 0.493 e. The van der Waals surface area contributed by atoms with E-state index in [0.29, 0.717) is 23.7 Å². The van der Waals surface area contributed by atoms with Gasteiger partial charge in [-0.05, 0) is 47.7 Å². The highest BCUT2D eigenvalue weighted by Gasteiger charge is 2.31. The van der Waals surface area contributed by atoms with Gasteiger partial charge in [-0.25, -0.2) is 0 Å². The molecule has 176 valence electrons. The van der Waals surface area contributed by atoms with Gasteiger partial charge >= 0.3 is 0 Å². The number of nitrogens with zero attached hydrogens (tertiary/aromatic N) is 2. The van der Waals surface area contributed by atoms with E-state index >= 15 is 0 Å². The third-order valence-electron chi connectivity index (χ3n) is 6.14. The highest BCUT2D eigenvalue weighted by molar-refractivity contribution is 5.93. The molecule has 3 aromatic rings. The van der Waals surface area contributed by atoms with Crippen LogP contribution in [-0.4, -0.2) is 43.0 Å². The first-order chi connectivity index (χ1) is 16.4. The molecule has 0 aromatic heterocycles. The predicted octanol–water partition coefficient (Wildman–Crippen LogP) is 4.51. The second kappa shape index (κ2) is 9.93. The Morgan fingerprint density at radius 3 is 2.47 bits per heavy atom. The van der Waals surface area contributed by atoms with E-state index in [4.69, 9.17) is 9.47 Å². The van der Waals surface area contributed by atoms with Crippen molar-refractivity contribution in [3.63, 3.8) is 0 Å². The summed E-state index contributed by atoms with van der Waals surface area (Å²) in [7, 11) is 3.23. The van der Waals surface area contributed by atoms with E-state index in [-0.39, 0.29) is 24.2 Å². The summed E-state index contributed by atoms with van der Waals surface area (Å²) in [6.45, 7) is 2.61. The van der Waals surface area contributed by atoms with E-state index in [0.717, 1.165) is 28.7 Å². The molecular weight excluding hydrogens is 434 g/mol. The average molecular weight is 462 g/mol. The number of anilines is 1. The molecule has 0 spiro atoms. The van der Waals surface area contributed by atoms with Gasteiger partial charge in [-0.15, -0.1) is 0 Å². The zero-order valence-corrected chi connectivity index (χ0v) is 19.4. The van der Waals surface area contributed by atoms with Crippen molar-refractivity contribution in [1.82, 2.24) is 4.90 Å². The Morgan fingerprint density at radius 2 is 1.79 bits per heavy atom. The Labute approximate surface area is 198 Å². The zero-order chi connectivity index (χ0) is 24.2. The van der Waals surface area contributed by atoms with Crippen LogP contribution in [0.15, 0.2) is 60.7 Å². The van der Waals surface area contributed by atoms with Gasteiger partial charge in [0.05, 0.1) is 37.4 Å². The number of rotatable bonds is 7. The molecule has 1 aliphatic heterocycles. The Kier molecular flexibility index (Phi) is 6.79. The SMILES string of the molecule is COc1cc2c(cc1OC)[C@H](c1ccccc1)N(CC(=O)Nc1cc([N+](=O)[O-])ccc1C)CC2. The number of carbonyl (C=O) groups is 1. The molecule has 1 aliphatic rings. The molecule has 0 unspecified atom stereocenters. The lowest BCUT2D eigenvalue weighted by molar-refractivity contribution is -0.384. The zero-order valence-electron chi connectivity index (χ0n) is 19.4. The number of benzene rings is 3. The van der Waals surface area contributed by atoms with Crippen LogP contribution in [0.3, 0.4) is 0 Å². The molecule has 8 nitrogen and oxygen atoms in total. The van der Waals surface area contributed by atoms with Crippen molar-refractivity contribution >= 4 is 17.3 Å². The summed E-state index contributed by atoms with van der Waals surface area (Å²) < 4.78 is 11.0. The summed E-state index contributed by atoms with van der Waals surface area (Å²) in [5.74, 6) is 1.09. The van der Waals surface area contributed by atoms with Crippen LogP contribution in [0.2, 0.25) is 0 Å². The van der Waals surface area contributed by atoms with Gasteiger partial charge in [0.25, 0.3) is 5.69 Å². The van der Waals surface area contributed by atoms with Gasteiger partial charge in [0, 0.05) is 18.7 Å². The number of aryl methyl sites for hydroxylation is 1. The highest BCUT2D eigenvalue weighted by atomic mass is 16.6. The molecule has 0 saturated heterocycles. The molecule has 0 aliphatic carbocycles. The number of methoxy groups -OCH3 is 2. The fraction of sp³-hybridized carbons (Fsp3) is 0.269. The Morgan fingerprint density at radius 1 is 1.09 bits per heavy atom. The van der Waals surface area contributed by atoms with Crippen molar-refractivity contribution in [2.24, 2.45) is 0 Å². The molecule has 1 heterocycles. The fourth-order valence-electron chi connectivity index (χ4n) is 4.43. The van der Waals surface area contributed by atoms with E-state index in [1.54, 1.807) is 20.3 Å². The van der Waals surface area contributed by atoms with Crippen molar-refractivity contribution in [3.8, 4) is 11.5 Å². The molecule has 1 N–H and O–H groups in total. The van der Waals surface area contributed by atoms with Crippen LogP contribution in [0.25, 0.3) is 0 Å². The van der Waals surface area contributed by atoms with E-state index in [2.05, 4.69) is 10.2 Å². The summed E-state index contributed by atoms with van der Waals surface area (Å²) >= 11 is 0. The first-order valence-electron chi connectivity index (χ1n) is 11.0. The minimum absolute atomic E-state index is 0.0593. The molecule has 0 saturated carbocycles. The van der Waals surface area contributed by atoms with Crippen molar-refractivity contribution in [2.45, 2.75) is 19.4 Å². The number of ether oxygens (including phenoxy) is 2. The smallest absolute Gasteiger partial charge is 0.271 e. The number of hydrogen-bond acceptors (Lipinski definition) is 6. The number of amides is 1. The van der Waals surface area contributed by atoms with Gasteiger partial charge in [0.2, 0.25) is 5.91 Å². The molecule has 1 atom stereocenters. The Bertz CT molecular complexity index is 1210. The van der Waals surface area contributed by atoms with Gasteiger partial charge in [0.15, 0.2) is 11.5 Å². The van der Waals surface area contributed by atoms with Gasteiger partial charge in [-0.1, -0.05) is 36.4 Å². The van der Waals surface area contributed by atoms with E-state index < -0.39 is 4.92 Å². The van der Waals surface area contributed by atoms with Crippen LogP contribution < -0.4 is 14.8 Å². The predicted molar refractivity (Wildman–Crippen MR) is 130 cm³/mol. The first-order valence-corrected chi connectivity index (χ1v) is 11.0. The summed E-state index contributed by atoms with van der Waals surface area (Å²) in [6, 6.07) is 18.3. The molecule has 0 fully saturated rings. The standard InChI is InChI=1S/C26H27N3O5/c1-17-9-10-20(29(31)32)14-22(17)27-25(30)16-28-12-11-19-13-23(33-2)24(34-3)15-21(19)26(28)18-7-5-4-6-8-18/h4-10,13-15,26H,11-12,16H2,1-3H3,(H,27,30)/t26-/m0/s1. The molecule has 4 rings (SSSR count). The maximum atomic E-state index is 13.1. The van der Waals surface area contributed by atoms with Gasteiger partial charge in [-0.2, -0.15) is 0 Å². The first kappa shape index (κ1) is 23.3. The van der Waals surface area contributed by atoms with Crippen LogP contribution in [0.5, 0.6) is 11.5 Å². The van der Waals surface area contributed by atoms with Crippen molar-refractivity contribution in [1.29, 1.82) is 0 Å². The third kappa shape index (κ3) is 4.72.